The van der Waals surface area contributed by atoms with Crippen molar-refractivity contribution in [3.8, 4) is 11.1 Å². The fraction of sp³-hybridized carbons (Fsp3) is 0.357. The van der Waals surface area contributed by atoms with E-state index < -0.39 is 0 Å². The van der Waals surface area contributed by atoms with E-state index in [2.05, 4.69) is 50.2 Å². The van der Waals surface area contributed by atoms with Crippen LogP contribution in [0, 0.1) is 6.92 Å². The summed E-state index contributed by atoms with van der Waals surface area (Å²) in [6, 6.07) is 8.38. The van der Waals surface area contributed by atoms with Gasteiger partial charge in [0.25, 0.3) is 0 Å². The summed E-state index contributed by atoms with van der Waals surface area (Å²) in [5.74, 6) is 1.21. The molecule has 0 bridgehead atoms. The van der Waals surface area contributed by atoms with Gasteiger partial charge in [-0.15, -0.1) is 0 Å². The minimum absolute atomic E-state index is 0.160. The van der Waals surface area contributed by atoms with Gasteiger partial charge in [-0.3, -0.25) is 0 Å². The zero-order chi connectivity index (χ0) is 12.6. The number of anilines is 1. The van der Waals surface area contributed by atoms with Crippen LogP contribution in [0.3, 0.4) is 0 Å². The lowest BCUT2D eigenvalue weighted by Crippen LogP contribution is -2.10. The average Bonchev–Trinajstić information content (AvgIpc) is 2.58. The van der Waals surface area contributed by atoms with Crippen LogP contribution in [-0.4, -0.2) is 5.16 Å². The highest BCUT2D eigenvalue weighted by molar-refractivity contribution is 5.75. The van der Waals surface area contributed by atoms with Gasteiger partial charge in [-0.05, 0) is 23.5 Å². The Morgan fingerprint density at radius 1 is 1.12 bits per heavy atom. The number of nitrogen functional groups attached to an aromatic ring is 1. The molecule has 2 aromatic rings. The molecule has 0 radical (unpaired) electrons. The second-order valence-corrected chi connectivity index (χ2v) is 5.33. The number of nitrogens with two attached hydrogens (primary N) is 1. The molecule has 3 heteroatoms. The fourth-order valence-electron chi connectivity index (χ4n) is 1.88. The predicted molar refractivity (Wildman–Crippen MR) is 69.8 cm³/mol. The monoisotopic (exact) mass is 230 g/mol. The molecule has 0 unspecified atom stereocenters. The van der Waals surface area contributed by atoms with Crippen molar-refractivity contribution >= 4 is 5.82 Å². The van der Waals surface area contributed by atoms with Crippen LogP contribution >= 0.6 is 0 Å². The maximum Gasteiger partial charge on any atom is 0.175 e. The first-order chi connectivity index (χ1) is 7.89. The van der Waals surface area contributed by atoms with Gasteiger partial charge in [0.05, 0.1) is 5.56 Å². The summed E-state index contributed by atoms with van der Waals surface area (Å²) in [6.45, 7) is 8.46. The van der Waals surface area contributed by atoms with Crippen LogP contribution < -0.4 is 5.73 Å². The van der Waals surface area contributed by atoms with Crippen molar-refractivity contribution in [2.45, 2.75) is 33.1 Å². The van der Waals surface area contributed by atoms with Crippen molar-refractivity contribution in [2.24, 2.45) is 0 Å². The third-order valence-corrected chi connectivity index (χ3v) is 2.93. The fourth-order valence-corrected chi connectivity index (χ4v) is 1.88. The van der Waals surface area contributed by atoms with Crippen LogP contribution in [0.1, 0.15) is 32.1 Å². The molecule has 0 atom stereocenters. The molecule has 2 N–H and O–H groups in total. The van der Waals surface area contributed by atoms with Crippen molar-refractivity contribution in [1.82, 2.24) is 5.16 Å². The molecule has 0 aliphatic rings. The molecule has 0 saturated heterocycles. The van der Waals surface area contributed by atoms with E-state index in [0.29, 0.717) is 5.82 Å². The van der Waals surface area contributed by atoms with Crippen LogP contribution in [0.4, 0.5) is 5.82 Å². The summed E-state index contributed by atoms with van der Waals surface area (Å²) in [5, 5.41) is 3.77. The third kappa shape index (κ3) is 2.18. The molecule has 3 nitrogen and oxygen atoms in total. The van der Waals surface area contributed by atoms with Crippen LogP contribution in [0.15, 0.2) is 28.8 Å². The van der Waals surface area contributed by atoms with Crippen molar-refractivity contribution in [3.05, 3.63) is 35.6 Å². The van der Waals surface area contributed by atoms with E-state index in [-0.39, 0.29) is 5.41 Å². The number of hydrogen-bond acceptors (Lipinski definition) is 3. The molecule has 0 aliphatic heterocycles. The number of rotatable bonds is 1. The molecule has 17 heavy (non-hydrogen) atoms. The normalized spacial score (nSPS) is 11.8. The van der Waals surface area contributed by atoms with E-state index in [1.807, 2.05) is 6.92 Å². The van der Waals surface area contributed by atoms with E-state index >= 15 is 0 Å². The minimum atomic E-state index is 0.160. The highest BCUT2D eigenvalue weighted by atomic mass is 16.5. The van der Waals surface area contributed by atoms with Gasteiger partial charge in [-0.25, -0.2) is 0 Å². The zero-order valence-corrected chi connectivity index (χ0v) is 10.7. The first-order valence-electron chi connectivity index (χ1n) is 5.72. The summed E-state index contributed by atoms with van der Waals surface area (Å²) in [7, 11) is 0. The van der Waals surface area contributed by atoms with Gasteiger partial charge < -0.3 is 10.3 Å². The zero-order valence-electron chi connectivity index (χ0n) is 10.7. The van der Waals surface area contributed by atoms with Gasteiger partial charge in [0.1, 0.15) is 5.76 Å². The number of benzene rings is 1. The Hall–Kier alpha value is -1.77. The van der Waals surface area contributed by atoms with Gasteiger partial charge in [0, 0.05) is 0 Å². The SMILES string of the molecule is Cc1onc(N)c1-c1ccc(C(C)(C)C)cc1. The smallest absolute Gasteiger partial charge is 0.175 e. The summed E-state index contributed by atoms with van der Waals surface area (Å²) in [5.41, 5.74) is 9.20. The molecule has 0 saturated carbocycles. The standard InChI is InChI=1S/C14H18N2O/c1-9-12(13(15)16-17-9)10-5-7-11(8-6-10)14(2,3)4/h5-8H,1-4H3,(H2,15,16). The second kappa shape index (κ2) is 3.91. The van der Waals surface area contributed by atoms with E-state index in [4.69, 9.17) is 10.3 Å². The van der Waals surface area contributed by atoms with E-state index in [1.165, 1.54) is 5.56 Å². The van der Waals surface area contributed by atoms with Crippen LogP contribution in [0.25, 0.3) is 11.1 Å². The topological polar surface area (TPSA) is 52.0 Å². The van der Waals surface area contributed by atoms with E-state index in [0.717, 1.165) is 16.9 Å². The summed E-state index contributed by atoms with van der Waals surface area (Å²) in [4.78, 5) is 0. The third-order valence-electron chi connectivity index (χ3n) is 2.93. The number of aryl methyl sites for hydroxylation is 1. The largest absolute Gasteiger partial charge is 0.380 e. The Labute approximate surface area is 102 Å². The molecule has 90 valence electrons. The number of nitrogens with zero attached hydrogens (tertiary/aromatic N) is 1. The molecule has 0 amide bonds. The summed E-state index contributed by atoms with van der Waals surface area (Å²) in [6.07, 6.45) is 0. The molecular formula is C14H18N2O. The molecule has 1 aromatic carbocycles. The highest BCUT2D eigenvalue weighted by Crippen LogP contribution is 2.31. The Bertz CT molecular complexity index is 499. The maximum absolute atomic E-state index is 5.79. The first kappa shape index (κ1) is 11.7. The maximum atomic E-state index is 5.79. The van der Waals surface area contributed by atoms with Crippen molar-refractivity contribution < 1.29 is 4.52 Å². The van der Waals surface area contributed by atoms with Crippen LogP contribution in [0.5, 0.6) is 0 Å². The summed E-state index contributed by atoms with van der Waals surface area (Å²) < 4.78 is 5.07. The van der Waals surface area contributed by atoms with Crippen molar-refractivity contribution in [3.63, 3.8) is 0 Å². The molecule has 0 fully saturated rings. The predicted octanol–water partition coefficient (Wildman–Crippen LogP) is 3.53. The first-order valence-corrected chi connectivity index (χ1v) is 5.72. The molecule has 2 rings (SSSR count). The lowest BCUT2D eigenvalue weighted by Gasteiger charge is -2.19. The molecule has 1 heterocycles. The Morgan fingerprint density at radius 2 is 1.71 bits per heavy atom. The highest BCUT2D eigenvalue weighted by Gasteiger charge is 2.15. The second-order valence-electron chi connectivity index (χ2n) is 5.33. The lowest BCUT2D eigenvalue weighted by molar-refractivity contribution is 0.401. The van der Waals surface area contributed by atoms with Gasteiger partial charge in [-0.1, -0.05) is 50.2 Å². The van der Waals surface area contributed by atoms with Crippen molar-refractivity contribution in [1.29, 1.82) is 0 Å². The van der Waals surface area contributed by atoms with Crippen LogP contribution in [0.2, 0.25) is 0 Å². The van der Waals surface area contributed by atoms with Gasteiger partial charge in [0.15, 0.2) is 5.82 Å². The van der Waals surface area contributed by atoms with Gasteiger partial charge in [-0.2, -0.15) is 0 Å². The Balaban J connectivity index is 2.43. The Kier molecular flexibility index (Phi) is 2.69. The van der Waals surface area contributed by atoms with Gasteiger partial charge >= 0.3 is 0 Å². The number of aromatic nitrogens is 1. The number of hydrogen-bond donors (Lipinski definition) is 1. The Morgan fingerprint density at radius 3 is 2.12 bits per heavy atom. The lowest BCUT2D eigenvalue weighted by atomic mass is 9.86. The molecule has 0 aliphatic carbocycles. The molecule has 1 aromatic heterocycles. The van der Waals surface area contributed by atoms with E-state index in [1.54, 1.807) is 0 Å². The van der Waals surface area contributed by atoms with Gasteiger partial charge in [0.2, 0.25) is 0 Å². The van der Waals surface area contributed by atoms with Crippen LogP contribution in [-0.2, 0) is 5.41 Å². The quantitative estimate of drug-likeness (QED) is 0.815. The summed E-state index contributed by atoms with van der Waals surface area (Å²) >= 11 is 0. The minimum Gasteiger partial charge on any atom is -0.380 e. The van der Waals surface area contributed by atoms with Crippen molar-refractivity contribution in [2.75, 3.05) is 5.73 Å². The average molecular weight is 230 g/mol. The van der Waals surface area contributed by atoms with E-state index in [9.17, 15) is 0 Å². The molecular weight excluding hydrogens is 212 g/mol. The molecule has 0 spiro atoms.